The second-order valence-corrected chi connectivity index (χ2v) is 5.23. The van der Waals surface area contributed by atoms with Crippen molar-refractivity contribution in [3.05, 3.63) is 59.4 Å². The minimum absolute atomic E-state index is 0.00746. The average molecular weight is 311 g/mol. The molecule has 0 fully saturated rings. The summed E-state index contributed by atoms with van der Waals surface area (Å²) in [6.07, 6.45) is 0. The predicted octanol–water partition coefficient (Wildman–Crippen LogP) is 4.06. The quantitative estimate of drug-likeness (QED) is 0.792. The number of halogens is 1. The van der Waals surface area contributed by atoms with Crippen molar-refractivity contribution in [1.82, 2.24) is 4.98 Å². The van der Waals surface area contributed by atoms with Gasteiger partial charge >= 0.3 is 5.97 Å². The van der Waals surface area contributed by atoms with Crippen LogP contribution in [0.3, 0.4) is 0 Å². The normalized spacial score (nSPS) is 10.7. The number of pyridine rings is 1. The van der Waals surface area contributed by atoms with Crippen LogP contribution in [0.15, 0.2) is 42.5 Å². The van der Waals surface area contributed by atoms with Gasteiger partial charge in [0.15, 0.2) is 0 Å². The number of fused-ring (bicyclic) bond motifs is 1. The van der Waals surface area contributed by atoms with E-state index in [9.17, 15) is 14.3 Å². The highest BCUT2D eigenvalue weighted by molar-refractivity contribution is 6.03. The fraction of sp³-hybridized carbons (Fsp3) is 0.111. The number of aryl methyl sites for hydroxylation is 1. The molecular formula is C18H14FNO3. The van der Waals surface area contributed by atoms with Crippen LogP contribution in [0.1, 0.15) is 15.9 Å². The van der Waals surface area contributed by atoms with Crippen molar-refractivity contribution in [2.75, 3.05) is 7.11 Å². The lowest BCUT2D eigenvalue weighted by Crippen LogP contribution is -2.01. The van der Waals surface area contributed by atoms with Gasteiger partial charge in [-0.3, -0.25) is 0 Å². The standard InChI is InChI=1S/C18H14FNO3/c1-10-3-6-17(23-2)14(7-10)16-9-13(18(21)22)12-8-11(19)4-5-15(12)20-16/h3-9H,1-2H3,(H,21,22). The fourth-order valence-electron chi connectivity index (χ4n) is 2.53. The lowest BCUT2D eigenvalue weighted by Gasteiger charge is -2.11. The Bertz CT molecular complexity index is 922. The molecule has 0 saturated heterocycles. The monoisotopic (exact) mass is 311 g/mol. The third kappa shape index (κ3) is 2.73. The zero-order chi connectivity index (χ0) is 16.6. The number of carbonyl (C=O) groups is 1. The molecule has 23 heavy (non-hydrogen) atoms. The molecule has 4 nitrogen and oxygen atoms in total. The van der Waals surface area contributed by atoms with E-state index in [0.29, 0.717) is 22.5 Å². The van der Waals surface area contributed by atoms with Crippen LogP contribution in [0.25, 0.3) is 22.2 Å². The Morgan fingerprint density at radius 2 is 1.96 bits per heavy atom. The Labute approximate surface area is 132 Å². The van der Waals surface area contributed by atoms with E-state index in [1.54, 1.807) is 7.11 Å². The number of methoxy groups -OCH3 is 1. The zero-order valence-corrected chi connectivity index (χ0v) is 12.6. The summed E-state index contributed by atoms with van der Waals surface area (Å²) in [5, 5.41) is 9.72. The first-order chi connectivity index (χ1) is 11.0. The number of aromatic nitrogens is 1. The smallest absolute Gasteiger partial charge is 0.336 e. The second kappa shape index (κ2) is 5.68. The first kappa shape index (κ1) is 15.0. The van der Waals surface area contributed by atoms with Gasteiger partial charge in [0.05, 0.1) is 23.9 Å². The van der Waals surface area contributed by atoms with Gasteiger partial charge in [0.2, 0.25) is 0 Å². The summed E-state index contributed by atoms with van der Waals surface area (Å²) in [5.74, 6) is -1.03. The highest BCUT2D eigenvalue weighted by Gasteiger charge is 2.16. The van der Waals surface area contributed by atoms with E-state index in [0.717, 1.165) is 5.56 Å². The van der Waals surface area contributed by atoms with Gasteiger partial charge < -0.3 is 9.84 Å². The van der Waals surface area contributed by atoms with Gasteiger partial charge in [0.25, 0.3) is 0 Å². The third-order valence-electron chi connectivity index (χ3n) is 3.63. The van der Waals surface area contributed by atoms with Gasteiger partial charge in [-0.2, -0.15) is 0 Å². The van der Waals surface area contributed by atoms with Crippen LogP contribution in [-0.2, 0) is 0 Å². The largest absolute Gasteiger partial charge is 0.496 e. The molecule has 0 atom stereocenters. The van der Waals surface area contributed by atoms with E-state index in [2.05, 4.69) is 4.98 Å². The Morgan fingerprint density at radius 3 is 2.65 bits per heavy atom. The molecule has 0 aliphatic carbocycles. The maximum atomic E-state index is 13.4. The molecule has 0 radical (unpaired) electrons. The van der Waals surface area contributed by atoms with Crippen LogP contribution in [0.4, 0.5) is 4.39 Å². The van der Waals surface area contributed by atoms with Crippen molar-refractivity contribution in [1.29, 1.82) is 0 Å². The lowest BCUT2D eigenvalue weighted by molar-refractivity contribution is 0.0699. The molecule has 0 aliphatic rings. The first-order valence-electron chi connectivity index (χ1n) is 6.98. The van der Waals surface area contributed by atoms with Crippen LogP contribution in [-0.4, -0.2) is 23.2 Å². The number of hydrogen-bond acceptors (Lipinski definition) is 3. The molecule has 3 rings (SSSR count). The highest BCUT2D eigenvalue weighted by Crippen LogP contribution is 2.32. The van der Waals surface area contributed by atoms with E-state index < -0.39 is 11.8 Å². The molecule has 1 aromatic heterocycles. The zero-order valence-electron chi connectivity index (χ0n) is 12.6. The summed E-state index contributed by atoms with van der Waals surface area (Å²) in [6, 6.07) is 11.0. The molecule has 3 aromatic rings. The van der Waals surface area contributed by atoms with E-state index >= 15 is 0 Å². The van der Waals surface area contributed by atoms with Gasteiger partial charge in [-0.1, -0.05) is 11.6 Å². The molecule has 0 spiro atoms. The number of hydrogen-bond donors (Lipinski definition) is 1. The third-order valence-corrected chi connectivity index (χ3v) is 3.63. The van der Waals surface area contributed by atoms with Crippen molar-refractivity contribution in [2.45, 2.75) is 6.92 Å². The number of benzene rings is 2. The number of carboxylic acid groups (broad SMARTS) is 1. The van der Waals surface area contributed by atoms with Gasteiger partial charge in [0.1, 0.15) is 11.6 Å². The Balaban J connectivity index is 2.33. The maximum Gasteiger partial charge on any atom is 0.336 e. The summed E-state index contributed by atoms with van der Waals surface area (Å²) < 4.78 is 18.8. The molecule has 2 aromatic carbocycles. The second-order valence-electron chi connectivity index (χ2n) is 5.23. The molecule has 0 saturated carbocycles. The minimum atomic E-state index is -1.13. The Kier molecular flexibility index (Phi) is 3.70. The number of rotatable bonds is 3. The number of carboxylic acids is 1. The van der Waals surface area contributed by atoms with Crippen LogP contribution in [0, 0.1) is 12.7 Å². The summed E-state index contributed by atoms with van der Waals surface area (Å²) in [4.78, 5) is 16.0. The number of aromatic carboxylic acids is 1. The topological polar surface area (TPSA) is 59.4 Å². The van der Waals surface area contributed by atoms with Crippen LogP contribution in [0.5, 0.6) is 5.75 Å². The minimum Gasteiger partial charge on any atom is -0.496 e. The SMILES string of the molecule is COc1ccc(C)cc1-c1cc(C(=O)O)c2cc(F)ccc2n1. The first-order valence-corrected chi connectivity index (χ1v) is 6.98. The maximum absolute atomic E-state index is 13.4. The summed E-state index contributed by atoms with van der Waals surface area (Å²) in [7, 11) is 1.54. The number of nitrogens with zero attached hydrogens (tertiary/aromatic N) is 1. The molecule has 0 unspecified atom stereocenters. The summed E-state index contributed by atoms with van der Waals surface area (Å²) in [5.41, 5.74) is 2.60. The molecule has 116 valence electrons. The Morgan fingerprint density at radius 1 is 1.17 bits per heavy atom. The van der Waals surface area contributed by atoms with Crippen molar-refractivity contribution in [2.24, 2.45) is 0 Å². The lowest BCUT2D eigenvalue weighted by atomic mass is 10.0. The van der Waals surface area contributed by atoms with Gasteiger partial charge in [-0.25, -0.2) is 14.2 Å². The van der Waals surface area contributed by atoms with Crippen molar-refractivity contribution in [3.63, 3.8) is 0 Å². The van der Waals surface area contributed by atoms with E-state index in [1.807, 2.05) is 25.1 Å². The summed E-state index contributed by atoms with van der Waals surface area (Å²) in [6.45, 7) is 1.93. The molecule has 1 heterocycles. The molecule has 0 bridgehead atoms. The van der Waals surface area contributed by atoms with Gasteiger partial charge in [0, 0.05) is 10.9 Å². The molecule has 5 heteroatoms. The fourth-order valence-corrected chi connectivity index (χ4v) is 2.53. The molecular weight excluding hydrogens is 297 g/mol. The van der Waals surface area contributed by atoms with Crippen molar-refractivity contribution in [3.8, 4) is 17.0 Å². The van der Waals surface area contributed by atoms with Crippen LogP contribution >= 0.6 is 0 Å². The predicted molar refractivity (Wildman–Crippen MR) is 85.4 cm³/mol. The van der Waals surface area contributed by atoms with E-state index in [1.165, 1.54) is 24.3 Å². The number of ether oxygens (including phenoxy) is 1. The van der Waals surface area contributed by atoms with E-state index in [4.69, 9.17) is 4.74 Å². The van der Waals surface area contributed by atoms with Gasteiger partial charge in [-0.05, 0) is 43.3 Å². The van der Waals surface area contributed by atoms with Crippen molar-refractivity contribution >= 4 is 16.9 Å². The molecule has 0 amide bonds. The molecule has 0 aliphatic heterocycles. The Hall–Kier alpha value is -2.95. The summed E-state index contributed by atoms with van der Waals surface area (Å²) >= 11 is 0. The van der Waals surface area contributed by atoms with E-state index in [-0.39, 0.29) is 10.9 Å². The molecule has 1 N–H and O–H groups in total. The van der Waals surface area contributed by atoms with Crippen LogP contribution < -0.4 is 4.74 Å². The van der Waals surface area contributed by atoms with Crippen LogP contribution in [0.2, 0.25) is 0 Å². The van der Waals surface area contributed by atoms with Crippen molar-refractivity contribution < 1.29 is 19.0 Å². The average Bonchev–Trinajstić information content (AvgIpc) is 2.53. The van der Waals surface area contributed by atoms with Gasteiger partial charge in [-0.15, -0.1) is 0 Å². The highest BCUT2D eigenvalue weighted by atomic mass is 19.1.